The molecule has 4 aliphatic carbocycles. The van der Waals surface area contributed by atoms with Crippen molar-refractivity contribution in [3.8, 4) is 0 Å². The van der Waals surface area contributed by atoms with E-state index in [1.807, 2.05) is 30.3 Å². The number of hydrogen-bond acceptors (Lipinski definition) is 5. The largest absolute Gasteiger partial charge is 0.465 e. The van der Waals surface area contributed by atoms with E-state index in [9.17, 15) is 19.2 Å². The van der Waals surface area contributed by atoms with Crippen molar-refractivity contribution in [2.75, 3.05) is 12.4 Å². The summed E-state index contributed by atoms with van der Waals surface area (Å²) in [6, 6.07) is 14.8. The van der Waals surface area contributed by atoms with Crippen molar-refractivity contribution >= 4 is 29.4 Å². The van der Waals surface area contributed by atoms with Gasteiger partial charge in [0, 0.05) is 12.1 Å². The monoisotopic (exact) mass is 470 g/mol. The Morgan fingerprint density at radius 2 is 1.54 bits per heavy atom. The third kappa shape index (κ3) is 3.49. The molecule has 1 saturated heterocycles. The second kappa shape index (κ2) is 8.18. The highest BCUT2D eigenvalue weighted by Gasteiger charge is 2.67. The molecule has 2 bridgehead atoms. The number of ether oxygens (including phenoxy) is 1. The summed E-state index contributed by atoms with van der Waals surface area (Å²) in [7, 11) is 1.30. The van der Waals surface area contributed by atoms with Crippen molar-refractivity contribution in [3.63, 3.8) is 0 Å². The number of methoxy groups -OCH3 is 1. The molecule has 7 heteroatoms. The number of anilines is 1. The topological polar surface area (TPSA) is 92.8 Å². The molecule has 0 spiro atoms. The maximum absolute atomic E-state index is 13.7. The number of carbonyl (C=O) groups excluding carboxylic acids is 4. The molecule has 1 heterocycles. The second-order valence-corrected chi connectivity index (χ2v) is 9.96. The Labute approximate surface area is 203 Å². The van der Waals surface area contributed by atoms with Crippen molar-refractivity contribution in [1.29, 1.82) is 0 Å². The molecule has 2 saturated carbocycles. The number of nitrogens with zero attached hydrogens (tertiary/aromatic N) is 1. The lowest BCUT2D eigenvalue weighted by Gasteiger charge is -2.37. The molecule has 0 unspecified atom stereocenters. The number of benzene rings is 2. The van der Waals surface area contributed by atoms with Crippen LogP contribution in [-0.4, -0.2) is 41.7 Å². The minimum absolute atomic E-state index is 0.0998. The van der Waals surface area contributed by atoms with Crippen molar-refractivity contribution in [3.05, 3.63) is 77.9 Å². The van der Waals surface area contributed by atoms with E-state index in [0.29, 0.717) is 23.1 Å². The van der Waals surface area contributed by atoms with E-state index in [1.165, 1.54) is 12.0 Å². The SMILES string of the molecule is COC(=O)c1ccc(NC(=O)[C@@H](Cc2ccccc2)N2C(=O)[C@@H]3[C@@H]4C=C[C@H]([C@H]5C[C@H]45)[C@@H]3C2=O)cc1. The molecule has 7 rings (SSSR count). The first kappa shape index (κ1) is 21.8. The second-order valence-electron chi connectivity index (χ2n) is 9.96. The minimum atomic E-state index is -0.959. The van der Waals surface area contributed by atoms with Gasteiger partial charge in [0.1, 0.15) is 6.04 Å². The van der Waals surface area contributed by atoms with Crippen LogP contribution in [-0.2, 0) is 25.5 Å². The number of nitrogens with one attached hydrogen (secondary N) is 1. The van der Waals surface area contributed by atoms with Crippen LogP contribution >= 0.6 is 0 Å². The number of imide groups is 1. The molecule has 0 aromatic heterocycles. The Morgan fingerprint density at radius 1 is 0.943 bits per heavy atom. The van der Waals surface area contributed by atoms with Crippen molar-refractivity contribution in [2.45, 2.75) is 18.9 Å². The van der Waals surface area contributed by atoms with Gasteiger partial charge in [-0.25, -0.2) is 4.79 Å². The summed E-state index contributed by atoms with van der Waals surface area (Å²) in [5.41, 5.74) is 1.70. The summed E-state index contributed by atoms with van der Waals surface area (Å²) in [5, 5.41) is 2.85. The molecule has 3 amide bonds. The van der Waals surface area contributed by atoms with Gasteiger partial charge in [0.2, 0.25) is 17.7 Å². The van der Waals surface area contributed by atoms with E-state index in [1.54, 1.807) is 24.3 Å². The van der Waals surface area contributed by atoms with E-state index in [4.69, 9.17) is 4.74 Å². The Kier molecular flexibility index (Phi) is 5.09. The molecule has 2 aromatic carbocycles. The fraction of sp³-hybridized carbons (Fsp3) is 0.357. The maximum atomic E-state index is 13.7. The highest BCUT2D eigenvalue weighted by molar-refractivity contribution is 6.10. The first-order valence-corrected chi connectivity index (χ1v) is 12.1. The summed E-state index contributed by atoms with van der Waals surface area (Å²) < 4.78 is 4.72. The van der Waals surface area contributed by atoms with Crippen LogP contribution in [0.3, 0.4) is 0 Å². The fourth-order valence-corrected chi connectivity index (χ4v) is 6.46. The quantitative estimate of drug-likeness (QED) is 0.398. The molecule has 0 radical (unpaired) electrons. The highest BCUT2D eigenvalue weighted by Crippen LogP contribution is 2.65. The van der Waals surface area contributed by atoms with Crippen molar-refractivity contribution < 1.29 is 23.9 Å². The van der Waals surface area contributed by atoms with Crippen molar-refractivity contribution in [2.24, 2.45) is 35.5 Å². The first-order valence-electron chi connectivity index (χ1n) is 12.1. The van der Waals surface area contributed by atoms with Crippen LogP contribution < -0.4 is 5.32 Å². The smallest absolute Gasteiger partial charge is 0.337 e. The standard InChI is InChI=1S/C28H26N2O5/c1-35-28(34)16-7-9-17(10-8-16)29-25(31)22(13-15-5-3-2-4-6-15)30-26(32)23-18-11-12-19(21-14-20(18)21)24(23)27(30)33/h2-12,18-24H,13-14H2,1H3,(H,29,31)/t18-,19-,20-,21-,22-,23-,24+/m1/s1. The van der Waals surface area contributed by atoms with Crippen LogP contribution in [0.1, 0.15) is 22.3 Å². The number of rotatable bonds is 6. The molecular weight excluding hydrogens is 444 g/mol. The van der Waals surface area contributed by atoms with E-state index < -0.39 is 17.9 Å². The average molecular weight is 471 g/mol. The van der Waals surface area contributed by atoms with E-state index in [-0.39, 0.29) is 41.9 Å². The number of allylic oxidation sites excluding steroid dienone is 2. The summed E-state index contributed by atoms with van der Waals surface area (Å²) in [6.07, 6.45) is 5.58. The highest BCUT2D eigenvalue weighted by atomic mass is 16.5. The zero-order valence-corrected chi connectivity index (χ0v) is 19.3. The van der Waals surface area contributed by atoms with Crippen LogP contribution in [0.4, 0.5) is 5.69 Å². The van der Waals surface area contributed by atoms with E-state index >= 15 is 0 Å². The normalized spacial score (nSPS) is 30.5. The van der Waals surface area contributed by atoms with Gasteiger partial charge in [-0.1, -0.05) is 42.5 Å². The molecule has 2 aromatic rings. The van der Waals surface area contributed by atoms with Crippen LogP contribution in [0.2, 0.25) is 0 Å². The molecule has 5 aliphatic rings. The van der Waals surface area contributed by atoms with Crippen LogP contribution in [0, 0.1) is 35.5 Å². The number of esters is 1. The van der Waals surface area contributed by atoms with Gasteiger partial charge in [-0.15, -0.1) is 0 Å². The summed E-state index contributed by atoms with van der Waals surface area (Å²) in [4.78, 5) is 53.9. The molecule has 35 heavy (non-hydrogen) atoms. The Bertz CT molecular complexity index is 1200. The Hall–Kier alpha value is -3.74. The zero-order valence-electron chi connectivity index (χ0n) is 19.3. The van der Waals surface area contributed by atoms with E-state index in [0.717, 1.165) is 12.0 Å². The number of amides is 3. The Balaban J connectivity index is 1.29. The summed E-state index contributed by atoms with van der Waals surface area (Å²) in [6.45, 7) is 0. The van der Waals surface area contributed by atoms with Gasteiger partial charge in [0.05, 0.1) is 24.5 Å². The predicted octanol–water partition coefficient (Wildman–Crippen LogP) is 3.08. The lowest BCUT2D eigenvalue weighted by atomic mass is 9.63. The molecule has 178 valence electrons. The predicted molar refractivity (Wildman–Crippen MR) is 127 cm³/mol. The minimum Gasteiger partial charge on any atom is -0.465 e. The Morgan fingerprint density at radius 3 is 2.11 bits per heavy atom. The molecule has 3 fully saturated rings. The van der Waals surface area contributed by atoms with Gasteiger partial charge in [-0.3, -0.25) is 19.3 Å². The number of carbonyl (C=O) groups is 4. The van der Waals surface area contributed by atoms with Gasteiger partial charge < -0.3 is 10.1 Å². The maximum Gasteiger partial charge on any atom is 0.337 e. The average Bonchev–Trinajstić information content (AvgIpc) is 3.67. The molecular formula is C28H26N2O5. The van der Waals surface area contributed by atoms with Crippen LogP contribution in [0.5, 0.6) is 0 Å². The van der Waals surface area contributed by atoms with Crippen LogP contribution in [0.15, 0.2) is 66.7 Å². The lowest BCUT2D eigenvalue weighted by Crippen LogP contribution is -2.49. The summed E-state index contributed by atoms with van der Waals surface area (Å²) in [5.74, 6) is -0.852. The van der Waals surface area contributed by atoms with E-state index in [2.05, 4.69) is 17.5 Å². The molecule has 1 aliphatic heterocycles. The first-order chi connectivity index (χ1) is 17.0. The van der Waals surface area contributed by atoms with Crippen LogP contribution in [0.25, 0.3) is 0 Å². The summed E-state index contributed by atoms with van der Waals surface area (Å²) >= 11 is 0. The van der Waals surface area contributed by atoms with Gasteiger partial charge in [0.15, 0.2) is 0 Å². The molecule has 7 nitrogen and oxygen atoms in total. The van der Waals surface area contributed by atoms with Gasteiger partial charge in [0.25, 0.3) is 0 Å². The van der Waals surface area contributed by atoms with Gasteiger partial charge >= 0.3 is 5.97 Å². The number of likely N-dealkylation sites (tertiary alicyclic amines) is 1. The zero-order chi connectivity index (χ0) is 24.3. The molecule has 1 N–H and O–H groups in total. The van der Waals surface area contributed by atoms with Crippen molar-refractivity contribution in [1.82, 2.24) is 4.90 Å². The van der Waals surface area contributed by atoms with Gasteiger partial charge in [-0.2, -0.15) is 0 Å². The van der Waals surface area contributed by atoms with Gasteiger partial charge in [-0.05, 0) is 59.9 Å². The fourth-order valence-electron chi connectivity index (χ4n) is 6.46. The molecule has 7 atom stereocenters. The lowest BCUT2D eigenvalue weighted by molar-refractivity contribution is -0.146. The third-order valence-electron chi connectivity index (χ3n) is 8.16. The number of hydrogen-bond donors (Lipinski definition) is 1. The third-order valence-corrected chi connectivity index (χ3v) is 8.16.